The molecule has 21 nitrogen and oxygen atoms in total. The molecule has 0 heterocycles. The molecule has 0 unspecified atom stereocenters. The smallest absolute Gasteiger partial charge is 0.336 e. The van der Waals surface area contributed by atoms with Crippen molar-refractivity contribution in [2.75, 3.05) is 0 Å². The first-order chi connectivity index (χ1) is 17.3. The van der Waals surface area contributed by atoms with Gasteiger partial charge in [0, 0.05) is 0 Å². The highest BCUT2D eigenvalue weighted by atomic mass is 16.4. The number of hydrogen-bond donors (Lipinski definition) is 12. The third kappa shape index (κ3) is 18.4. The second-order valence-electron chi connectivity index (χ2n) is 7.43. The average molecular weight is 590 g/mol. The molecular formula is C18H27BO21. The summed E-state index contributed by atoms with van der Waals surface area (Å²) < 4.78 is 0. The Morgan fingerprint density at radius 3 is 0.475 bits per heavy atom. The predicted molar refractivity (Wildman–Crippen MR) is 121 cm³/mol. The topological polar surface area (TPSA) is 396 Å². The summed E-state index contributed by atoms with van der Waals surface area (Å²) in [5.41, 5.74) is -8.22. The van der Waals surface area contributed by atoms with Gasteiger partial charge < -0.3 is 61.3 Å². The van der Waals surface area contributed by atoms with Gasteiger partial charge in [-0.15, -0.1) is 0 Å². The largest absolute Gasteiger partial charge is 0.481 e. The Morgan fingerprint density at radius 1 is 0.325 bits per heavy atom. The van der Waals surface area contributed by atoms with Crippen LogP contribution >= 0.6 is 0 Å². The van der Waals surface area contributed by atoms with Crippen LogP contribution in [0.3, 0.4) is 0 Å². The van der Waals surface area contributed by atoms with Gasteiger partial charge in [-0.3, -0.25) is 28.8 Å². The summed E-state index contributed by atoms with van der Waals surface area (Å²) in [5, 5.41) is 101. The van der Waals surface area contributed by atoms with Gasteiger partial charge in [0.1, 0.15) is 0 Å². The van der Waals surface area contributed by atoms with Crippen LogP contribution in [0.15, 0.2) is 0 Å². The molecule has 12 N–H and O–H groups in total. The molecule has 0 bridgehead atoms. The minimum atomic E-state index is -2.74. The van der Waals surface area contributed by atoms with Crippen LogP contribution < -0.4 is 0 Å². The molecule has 0 aromatic heterocycles. The highest BCUT2D eigenvalue weighted by Gasteiger charge is 2.42. The minimum Gasteiger partial charge on any atom is -0.481 e. The zero-order valence-electron chi connectivity index (χ0n) is 19.3. The minimum absolute atomic E-state index is 0. The van der Waals surface area contributed by atoms with Crippen molar-refractivity contribution < 1.29 is 104 Å². The molecule has 0 aromatic carbocycles. The second kappa shape index (κ2) is 17.6. The van der Waals surface area contributed by atoms with Gasteiger partial charge in [-0.25, -0.2) is 14.4 Å². The van der Waals surface area contributed by atoms with Crippen molar-refractivity contribution in [1.29, 1.82) is 0 Å². The van der Waals surface area contributed by atoms with Crippen molar-refractivity contribution in [2.45, 2.75) is 55.3 Å². The standard InChI is InChI=1S/3C6H8O7.BH3/c3*7-3(8)1-6(13,5(11)12)2-4(9)10;/h3*13H,1-2H2,(H,7,8)(H,9,10)(H,11,12);1H3. The van der Waals surface area contributed by atoms with Crippen LogP contribution in [0, 0.1) is 0 Å². The van der Waals surface area contributed by atoms with E-state index in [2.05, 4.69) is 0 Å². The lowest BCUT2D eigenvalue weighted by Crippen LogP contribution is -2.42. The van der Waals surface area contributed by atoms with Gasteiger partial charge in [-0.2, -0.15) is 0 Å². The first kappa shape index (κ1) is 42.3. The molecule has 228 valence electrons. The maximum Gasteiger partial charge on any atom is 0.336 e. The second-order valence-corrected chi connectivity index (χ2v) is 7.43. The normalized spacial score (nSPS) is 10.6. The predicted octanol–water partition coefficient (Wildman–Crippen LogP) is -4.93. The summed E-state index contributed by atoms with van der Waals surface area (Å²) >= 11 is 0. The molecule has 0 radical (unpaired) electrons. The van der Waals surface area contributed by atoms with Crippen LogP contribution in [0.1, 0.15) is 38.5 Å². The molecule has 0 fully saturated rings. The number of carboxylic acid groups (broad SMARTS) is 9. The van der Waals surface area contributed by atoms with E-state index in [0.29, 0.717) is 0 Å². The molecule has 0 aliphatic rings. The van der Waals surface area contributed by atoms with E-state index in [-0.39, 0.29) is 8.41 Å². The van der Waals surface area contributed by atoms with Crippen molar-refractivity contribution in [2.24, 2.45) is 0 Å². The molecule has 0 spiro atoms. The van der Waals surface area contributed by atoms with Gasteiger partial charge in [0.25, 0.3) is 0 Å². The lowest BCUT2D eigenvalue weighted by molar-refractivity contribution is -0.170. The van der Waals surface area contributed by atoms with Gasteiger partial charge in [-0.1, -0.05) is 0 Å². The molecule has 0 rings (SSSR count). The van der Waals surface area contributed by atoms with E-state index >= 15 is 0 Å². The summed E-state index contributed by atoms with van der Waals surface area (Å²) in [7, 11) is 0. The molecule has 0 aliphatic carbocycles. The summed E-state index contributed by atoms with van der Waals surface area (Å²) in [5.74, 6) is -15.1. The first-order valence-electron chi connectivity index (χ1n) is 9.51. The maximum absolute atomic E-state index is 10.3. The van der Waals surface area contributed by atoms with Gasteiger partial charge in [0.15, 0.2) is 16.8 Å². The molecule has 0 saturated carbocycles. The number of aliphatic hydroxyl groups is 3. The molecule has 0 aromatic rings. The van der Waals surface area contributed by atoms with Crippen molar-refractivity contribution in [3.8, 4) is 0 Å². The Labute approximate surface area is 222 Å². The van der Waals surface area contributed by atoms with E-state index in [0.717, 1.165) is 0 Å². The van der Waals surface area contributed by atoms with Crippen molar-refractivity contribution in [3.05, 3.63) is 0 Å². The van der Waals surface area contributed by atoms with Crippen LogP contribution in [0.4, 0.5) is 0 Å². The zero-order valence-corrected chi connectivity index (χ0v) is 19.3. The molecule has 0 amide bonds. The van der Waals surface area contributed by atoms with Gasteiger partial charge in [0.2, 0.25) is 0 Å². The fourth-order valence-electron chi connectivity index (χ4n) is 2.14. The molecule has 22 heteroatoms. The van der Waals surface area contributed by atoms with Crippen LogP contribution in [0.2, 0.25) is 0 Å². The Hall–Kier alpha value is -4.83. The maximum atomic E-state index is 10.3. The van der Waals surface area contributed by atoms with Crippen LogP contribution in [-0.4, -0.2) is 140 Å². The van der Waals surface area contributed by atoms with Crippen LogP contribution in [0.5, 0.6) is 0 Å². The third-order valence-corrected chi connectivity index (χ3v) is 3.86. The molecular weight excluding hydrogens is 563 g/mol. The van der Waals surface area contributed by atoms with Crippen molar-refractivity contribution in [3.63, 3.8) is 0 Å². The van der Waals surface area contributed by atoms with E-state index in [4.69, 9.17) is 61.3 Å². The molecule has 0 saturated heterocycles. The highest BCUT2D eigenvalue weighted by molar-refractivity contribution is 5.89. The lowest BCUT2D eigenvalue weighted by Gasteiger charge is -2.18. The van der Waals surface area contributed by atoms with Gasteiger partial charge >= 0.3 is 53.7 Å². The fourth-order valence-corrected chi connectivity index (χ4v) is 2.14. The quantitative estimate of drug-likeness (QED) is 0.0794. The van der Waals surface area contributed by atoms with E-state index < -0.39 is 109 Å². The number of carbonyl (C=O) groups is 9. The fraction of sp³-hybridized carbons (Fsp3) is 0.500. The Kier molecular flexibility index (Phi) is 18.6. The molecule has 0 aliphatic heterocycles. The first-order valence-corrected chi connectivity index (χ1v) is 9.51. The molecule has 0 atom stereocenters. The highest BCUT2D eigenvalue weighted by Crippen LogP contribution is 2.17. The Morgan fingerprint density at radius 2 is 0.425 bits per heavy atom. The summed E-state index contributed by atoms with van der Waals surface area (Å²) in [6.45, 7) is 0. The average Bonchev–Trinajstić information content (AvgIpc) is 2.64. The van der Waals surface area contributed by atoms with Crippen molar-refractivity contribution >= 4 is 62.1 Å². The van der Waals surface area contributed by atoms with E-state index in [1.54, 1.807) is 0 Å². The van der Waals surface area contributed by atoms with E-state index in [9.17, 15) is 43.2 Å². The Balaban J connectivity index is -0.000000240. The zero-order chi connectivity index (χ0) is 31.9. The lowest BCUT2D eigenvalue weighted by atomic mass is 9.96. The van der Waals surface area contributed by atoms with E-state index in [1.807, 2.05) is 0 Å². The van der Waals surface area contributed by atoms with Gasteiger partial charge in [-0.05, 0) is 0 Å². The van der Waals surface area contributed by atoms with Crippen LogP contribution in [-0.2, 0) is 43.2 Å². The number of hydrogen-bond acceptors (Lipinski definition) is 12. The Bertz CT molecular complexity index is 812. The van der Waals surface area contributed by atoms with Gasteiger partial charge in [0.05, 0.1) is 46.9 Å². The number of rotatable bonds is 15. The molecule has 40 heavy (non-hydrogen) atoms. The summed E-state index contributed by atoms with van der Waals surface area (Å²) in [6, 6.07) is 0. The van der Waals surface area contributed by atoms with Crippen molar-refractivity contribution in [1.82, 2.24) is 0 Å². The monoisotopic (exact) mass is 590 g/mol. The van der Waals surface area contributed by atoms with E-state index in [1.165, 1.54) is 0 Å². The number of carboxylic acids is 9. The number of aliphatic carboxylic acids is 9. The third-order valence-electron chi connectivity index (χ3n) is 3.86. The summed E-state index contributed by atoms with van der Waals surface area (Å²) in [6.07, 6.45) is -6.87. The van der Waals surface area contributed by atoms with Crippen LogP contribution in [0.25, 0.3) is 0 Å². The summed E-state index contributed by atoms with van der Waals surface area (Å²) in [4.78, 5) is 91.5. The SMILES string of the molecule is B.O=C(O)CC(O)(CC(=O)O)C(=O)O.O=C(O)CC(O)(CC(=O)O)C(=O)O.O=C(O)CC(O)(CC(=O)O)C(=O)O.